The zero-order valence-corrected chi connectivity index (χ0v) is 12.6. The van der Waals surface area contributed by atoms with Crippen molar-refractivity contribution in [3.05, 3.63) is 59.8 Å². The summed E-state index contributed by atoms with van der Waals surface area (Å²) in [6.45, 7) is 2.68. The van der Waals surface area contributed by atoms with E-state index in [0.717, 1.165) is 11.5 Å². The van der Waals surface area contributed by atoms with Crippen molar-refractivity contribution in [2.24, 2.45) is 7.05 Å². The van der Waals surface area contributed by atoms with E-state index in [4.69, 9.17) is 9.47 Å². The molecular formula is C18H19NO2. The van der Waals surface area contributed by atoms with Crippen molar-refractivity contribution >= 4 is 10.9 Å². The first kappa shape index (κ1) is 13.6. The highest BCUT2D eigenvalue weighted by molar-refractivity contribution is 5.86. The number of methoxy groups -OCH3 is 1. The highest BCUT2D eigenvalue weighted by Crippen LogP contribution is 2.29. The largest absolute Gasteiger partial charge is 0.497 e. The van der Waals surface area contributed by atoms with Crippen LogP contribution in [0.4, 0.5) is 0 Å². The van der Waals surface area contributed by atoms with Gasteiger partial charge in [-0.3, -0.25) is 0 Å². The molecule has 0 unspecified atom stereocenters. The molecule has 3 aromatic rings. The van der Waals surface area contributed by atoms with Gasteiger partial charge in [0.1, 0.15) is 18.1 Å². The van der Waals surface area contributed by atoms with Crippen LogP contribution in [0.25, 0.3) is 10.9 Å². The Morgan fingerprint density at radius 1 is 1.00 bits per heavy atom. The maximum absolute atomic E-state index is 5.91. The second-order valence-corrected chi connectivity index (χ2v) is 5.11. The minimum absolute atomic E-state index is 0.556. The second-order valence-electron chi connectivity index (χ2n) is 5.11. The Bertz CT molecular complexity index is 760. The molecule has 0 bridgehead atoms. The Kier molecular flexibility index (Phi) is 3.57. The molecule has 0 spiro atoms. The number of hydrogen-bond donors (Lipinski definition) is 0. The van der Waals surface area contributed by atoms with Gasteiger partial charge in [0, 0.05) is 29.2 Å². The minimum atomic E-state index is 0.556. The predicted octanol–water partition coefficient (Wildman–Crippen LogP) is 4.07. The van der Waals surface area contributed by atoms with Gasteiger partial charge in [0.15, 0.2) is 0 Å². The Morgan fingerprint density at radius 2 is 1.76 bits per heavy atom. The van der Waals surface area contributed by atoms with Crippen LogP contribution in [0.3, 0.4) is 0 Å². The number of rotatable bonds is 4. The molecule has 0 aliphatic rings. The molecule has 3 heteroatoms. The molecular weight excluding hydrogens is 262 g/mol. The average molecular weight is 281 g/mol. The summed E-state index contributed by atoms with van der Waals surface area (Å²) in [6, 6.07) is 16.1. The van der Waals surface area contributed by atoms with Crippen molar-refractivity contribution in [2.75, 3.05) is 7.11 Å². The lowest BCUT2D eigenvalue weighted by Gasteiger charge is -2.07. The Labute approximate surface area is 124 Å². The van der Waals surface area contributed by atoms with Gasteiger partial charge in [-0.15, -0.1) is 0 Å². The molecule has 1 aromatic heterocycles. The molecule has 0 atom stereocenters. The molecule has 0 fully saturated rings. The third-order valence-electron chi connectivity index (χ3n) is 3.96. The summed E-state index contributed by atoms with van der Waals surface area (Å²) in [5, 5.41) is 1.19. The SMILES string of the molecule is COc1ccc2c(c1)c(COc1ccccc1)c(C)n2C. The molecule has 0 aliphatic carbocycles. The average Bonchev–Trinajstić information content (AvgIpc) is 2.77. The quantitative estimate of drug-likeness (QED) is 0.719. The first-order valence-electron chi connectivity index (χ1n) is 7.00. The van der Waals surface area contributed by atoms with Crippen LogP contribution in [0.15, 0.2) is 48.5 Å². The standard InChI is InChI=1S/C18H19NO2/c1-13-17(12-21-14-7-5-4-6-8-14)16-11-15(20-3)9-10-18(16)19(13)2/h4-11H,12H2,1-3H3. The van der Waals surface area contributed by atoms with Gasteiger partial charge in [-0.1, -0.05) is 18.2 Å². The van der Waals surface area contributed by atoms with E-state index < -0.39 is 0 Å². The molecule has 0 aliphatic heterocycles. The second kappa shape index (κ2) is 5.52. The van der Waals surface area contributed by atoms with Crippen molar-refractivity contribution in [1.29, 1.82) is 0 Å². The van der Waals surface area contributed by atoms with Crippen molar-refractivity contribution in [3.63, 3.8) is 0 Å². The highest BCUT2D eigenvalue weighted by Gasteiger charge is 2.13. The van der Waals surface area contributed by atoms with Gasteiger partial charge in [-0.05, 0) is 37.3 Å². The van der Waals surface area contributed by atoms with E-state index in [1.54, 1.807) is 7.11 Å². The van der Waals surface area contributed by atoms with Gasteiger partial charge >= 0.3 is 0 Å². The zero-order chi connectivity index (χ0) is 14.8. The lowest BCUT2D eigenvalue weighted by molar-refractivity contribution is 0.306. The molecule has 0 radical (unpaired) electrons. The van der Waals surface area contributed by atoms with E-state index in [1.165, 1.54) is 22.2 Å². The fourth-order valence-electron chi connectivity index (χ4n) is 2.61. The van der Waals surface area contributed by atoms with Crippen LogP contribution in [-0.4, -0.2) is 11.7 Å². The normalized spacial score (nSPS) is 10.8. The lowest BCUT2D eigenvalue weighted by atomic mass is 10.1. The maximum Gasteiger partial charge on any atom is 0.119 e. The first-order chi connectivity index (χ1) is 10.2. The van der Waals surface area contributed by atoms with Gasteiger partial charge in [0.05, 0.1) is 7.11 Å². The lowest BCUT2D eigenvalue weighted by Crippen LogP contribution is -1.98. The number of aryl methyl sites for hydroxylation is 1. The third kappa shape index (κ3) is 2.47. The van der Waals surface area contributed by atoms with Crippen LogP contribution in [0.1, 0.15) is 11.3 Å². The topological polar surface area (TPSA) is 23.4 Å². The fraction of sp³-hybridized carbons (Fsp3) is 0.222. The van der Waals surface area contributed by atoms with Crippen LogP contribution in [-0.2, 0) is 13.7 Å². The zero-order valence-electron chi connectivity index (χ0n) is 12.6. The van der Waals surface area contributed by atoms with E-state index in [-0.39, 0.29) is 0 Å². The number of benzene rings is 2. The molecule has 2 aromatic carbocycles. The van der Waals surface area contributed by atoms with E-state index in [9.17, 15) is 0 Å². The number of nitrogens with zero attached hydrogens (tertiary/aromatic N) is 1. The van der Waals surface area contributed by atoms with Crippen molar-refractivity contribution in [2.45, 2.75) is 13.5 Å². The third-order valence-corrected chi connectivity index (χ3v) is 3.96. The summed E-state index contributed by atoms with van der Waals surface area (Å²) in [4.78, 5) is 0. The van der Waals surface area contributed by atoms with Gasteiger partial charge in [-0.2, -0.15) is 0 Å². The monoisotopic (exact) mass is 281 g/mol. The summed E-state index contributed by atoms with van der Waals surface area (Å²) < 4.78 is 13.4. The van der Waals surface area contributed by atoms with Crippen LogP contribution in [0.5, 0.6) is 11.5 Å². The van der Waals surface area contributed by atoms with E-state index in [0.29, 0.717) is 6.61 Å². The molecule has 108 valence electrons. The molecule has 0 saturated heterocycles. The van der Waals surface area contributed by atoms with Crippen molar-refractivity contribution in [3.8, 4) is 11.5 Å². The number of aromatic nitrogens is 1. The summed E-state index contributed by atoms with van der Waals surface area (Å²) in [7, 11) is 3.77. The summed E-state index contributed by atoms with van der Waals surface area (Å²) in [5.41, 5.74) is 3.62. The molecule has 0 saturated carbocycles. The van der Waals surface area contributed by atoms with Gasteiger partial charge in [-0.25, -0.2) is 0 Å². The Morgan fingerprint density at radius 3 is 2.48 bits per heavy atom. The predicted molar refractivity (Wildman–Crippen MR) is 85.0 cm³/mol. The molecule has 1 heterocycles. The molecule has 0 amide bonds. The fourth-order valence-corrected chi connectivity index (χ4v) is 2.61. The van der Waals surface area contributed by atoms with Gasteiger partial charge < -0.3 is 14.0 Å². The van der Waals surface area contributed by atoms with E-state index >= 15 is 0 Å². The van der Waals surface area contributed by atoms with Crippen LogP contribution < -0.4 is 9.47 Å². The van der Waals surface area contributed by atoms with Crippen LogP contribution in [0, 0.1) is 6.92 Å². The van der Waals surface area contributed by atoms with Gasteiger partial charge in [0.25, 0.3) is 0 Å². The number of para-hydroxylation sites is 1. The first-order valence-corrected chi connectivity index (χ1v) is 7.00. The minimum Gasteiger partial charge on any atom is -0.497 e. The van der Waals surface area contributed by atoms with Crippen LogP contribution in [0.2, 0.25) is 0 Å². The number of ether oxygens (including phenoxy) is 2. The highest BCUT2D eigenvalue weighted by atomic mass is 16.5. The summed E-state index contributed by atoms with van der Waals surface area (Å²) in [5.74, 6) is 1.76. The Balaban J connectivity index is 1.98. The molecule has 3 rings (SSSR count). The summed E-state index contributed by atoms with van der Waals surface area (Å²) >= 11 is 0. The molecule has 3 nitrogen and oxygen atoms in total. The van der Waals surface area contributed by atoms with E-state index in [1.807, 2.05) is 36.4 Å². The number of fused-ring (bicyclic) bond motifs is 1. The van der Waals surface area contributed by atoms with Crippen LogP contribution >= 0.6 is 0 Å². The summed E-state index contributed by atoms with van der Waals surface area (Å²) in [6.07, 6.45) is 0. The smallest absolute Gasteiger partial charge is 0.119 e. The number of hydrogen-bond acceptors (Lipinski definition) is 2. The van der Waals surface area contributed by atoms with E-state index in [2.05, 4.69) is 30.7 Å². The Hall–Kier alpha value is -2.42. The molecule has 0 N–H and O–H groups in total. The maximum atomic E-state index is 5.91. The van der Waals surface area contributed by atoms with Crippen molar-refractivity contribution < 1.29 is 9.47 Å². The molecule has 21 heavy (non-hydrogen) atoms. The van der Waals surface area contributed by atoms with Gasteiger partial charge in [0.2, 0.25) is 0 Å². The van der Waals surface area contributed by atoms with Crippen molar-refractivity contribution in [1.82, 2.24) is 4.57 Å².